The summed E-state index contributed by atoms with van der Waals surface area (Å²) < 4.78 is 2.46. The fraction of sp³-hybridized carbons (Fsp3) is 0.556. The highest BCUT2D eigenvalue weighted by Crippen LogP contribution is 2.23. The van der Waals surface area contributed by atoms with Crippen molar-refractivity contribution in [1.82, 2.24) is 9.88 Å². The molecule has 0 aliphatic heterocycles. The fourth-order valence-electron chi connectivity index (χ4n) is 2.87. The van der Waals surface area contributed by atoms with Gasteiger partial charge in [0.2, 0.25) is 0 Å². The van der Waals surface area contributed by atoms with E-state index in [1.54, 1.807) is 0 Å². The number of aromatic nitrogens is 1. The van der Waals surface area contributed by atoms with Gasteiger partial charge in [0.15, 0.2) is 0 Å². The van der Waals surface area contributed by atoms with Crippen molar-refractivity contribution >= 4 is 10.9 Å². The molecule has 0 unspecified atom stereocenters. The Kier molecular flexibility index (Phi) is 6.13. The molecule has 2 nitrogen and oxygen atoms in total. The summed E-state index contributed by atoms with van der Waals surface area (Å²) in [5.41, 5.74) is 2.91. The molecule has 1 heterocycles. The minimum absolute atomic E-state index is 1.09. The van der Waals surface area contributed by atoms with E-state index in [2.05, 4.69) is 47.3 Å². The highest BCUT2D eigenvalue weighted by atomic mass is 15.0. The first-order valence-electron chi connectivity index (χ1n) is 8.08. The van der Waals surface area contributed by atoms with Gasteiger partial charge in [-0.2, -0.15) is 0 Å². The second-order valence-corrected chi connectivity index (χ2v) is 5.63. The summed E-state index contributed by atoms with van der Waals surface area (Å²) in [5, 5.41) is 4.68. The highest BCUT2D eigenvalue weighted by Gasteiger charge is 2.07. The number of nitrogens with one attached hydrogen (secondary N) is 1. The van der Waals surface area contributed by atoms with E-state index >= 15 is 0 Å². The molecule has 0 spiro atoms. The monoisotopic (exact) mass is 272 g/mol. The molecule has 2 rings (SSSR count). The van der Waals surface area contributed by atoms with Crippen molar-refractivity contribution in [1.29, 1.82) is 0 Å². The SMILES string of the molecule is CCCCCCn1cc(CCCNC)c2ccccc21. The van der Waals surface area contributed by atoms with Gasteiger partial charge in [-0.25, -0.2) is 0 Å². The third-order valence-corrected chi connectivity index (χ3v) is 4.00. The van der Waals surface area contributed by atoms with Crippen LogP contribution in [0.25, 0.3) is 10.9 Å². The molecular weight excluding hydrogens is 244 g/mol. The van der Waals surface area contributed by atoms with E-state index in [0.29, 0.717) is 0 Å². The van der Waals surface area contributed by atoms with E-state index in [1.165, 1.54) is 55.0 Å². The largest absolute Gasteiger partial charge is 0.347 e. The van der Waals surface area contributed by atoms with Gasteiger partial charge in [0.25, 0.3) is 0 Å². The predicted octanol–water partition coefficient (Wildman–Crippen LogP) is 4.37. The fourth-order valence-corrected chi connectivity index (χ4v) is 2.87. The van der Waals surface area contributed by atoms with Crippen LogP contribution in [0.15, 0.2) is 30.5 Å². The third-order valence-electron chi connectivity index (χ3n) is 4.00. The number of hydrogen-bond acceptors (Lipinski definition) is 1. The van der Waals surface area contributed by atoms with Crippen LogP contribution in [-0.2, 0) is 13.0 Å². The minimum Gasteiger partial charge on any atom is -0.347 e. The lowest BCUT2D eigenvalue weighted by Gasteiger charge is -2.04. The quantitative estimate of drug-likeness (QED) is 0.671. The summed E-state index contributed by atoms with van der Waals surface area (Å²) in [6.45, 7) is 4.52. The van der Waals surface area contributed by atoms with Crippen molar-refractivity contribution in [2.45, 2.75) is 52.0 Å². The normalized spacial score (nSPS) is 11.3. The molecule has 2 heteroatoms. The van der Waals surface area contributed by atoms with Crippen LogP contribution in [0, 0.1) is 0 Å². The van der Waals surface area contributed by atoms with Crippen LogP contribution in [-0.4, -0.2) is 18.2 Å². The van der Waals surface area contributed by atoms with Crippen LogP contribution in [0.1, 0.15) is 44.6 Å². The van der Waals surface area contributed by atoms with Gasteiger partial charge in [0, 0.05) is 23.6 Å². The molecule has 1 aromatic heterocycles. The summed E-state index contributed by atoms with van der Waals surface area (Å²) in [4.78, 5) is 0. The third kappa shape index (κ3) is 3.86. The molecule has 0 aliphatic carbocycles. The van der Waals surface area contributed by atoms with Gasteiger partial charge >= 0.3 is 0 Å². The van der Waals surface area contributed by atoms with Gasteiger partial charge in [0.1, 0.15) is 0 Å². The molecule has 110 valence electrons. The average Bonchev–Trinajstić information content (AvgIpc) is 2.83. The first kappa shape index (κ1) is 15.1. The number of fused-ring (bicyclic) bond motifs is 1. The topological polar surface area (TPSA) is 17.0 Å². The van der Waals surface area contributed by atoms with Gasteiger partial charge in [-0.1, -0.05) is 44.4 Å². The van der Waals surface area contributed by atoms with Crippen molar-refractivity contribution in [3.63, 3.8) is 0 Å². The van der Waals surface area contributed by atoms with E-state index in [1.807, 2.05) is 7.05 Å². The van der Waals surface area contributed by atoms with Crippen LogP contribution in [0.3, 0.4) is 0 Å². The maximum absolute atomic E-state index is 3.23. The molecule has 0 atom stereocenters. The predicted molar refractivity (Wildman–Crippen MR) is 88.3 cm³/mol. The number of aryl methyl sites for hydroxylation is 2. The van der Waals surface area contributed by atoms with E-state index in [9.17, 15) is 0 Å². The number of rotatable bonds is 9. The number of hydrogen-bond donors (Lipinski definition) is 1. The van der Waals surface area contributed by atoms with Crippen molar-refractivity contribution in [3.05, 3.63) is 36.0 Å². The second kappa shape index (κ2) is 8.11. The summed E-state index contributed by atoms with van der Waals surface area (Å²) in [5.74, 6) is 0. The molecule has 0 fully saturated rings. The van der Waals surface area contributed by atoms with Crippen LogP contribution in [0.2, 0.25) is 0 Å². The van der Waals surface area contributed by atoms with E-state index in [-0.39, 0.29) is 0 Å². The van der Waals surface area contributed by atoms with E-state index in [0.717, 1.165) is 13.1 Å². The molecule has 20 heavy (non-hydrogen) atoms. The Hall–Kier alpha value is -1.28. The van der Waals surface area contributed by atoms with Gasteiger partial charge < -0.3 is 9.88 Å². The molecule has 0 saturated heterocycles. The van der Waals surface area contributed by atoms with E-state index in [4.69, 9.17) is 0 Å². The Balaban J connectivity index is 2.09. The van der Waals surface area contributed by atoms with Gasteiger partial charge in [-0.15, -0.1) is 0 Å². The van der Waals surface area contributed by atoms with Crippen molar-refractivity contribution < 1.29 is 0 Å². The molecule has 1 aromatic carbocycles. The zero-order valence-corrected chi connectivity index (χ0v) is 13.0. The Morgan fingerprint density at radius 2 is 1.90 bits per heavy atom. The van der Waals surface area contributed by atoms with Crippen LogP contribution < -0.4 is 5.32 Å². The highest BCUT2D eigenvalue weighted by molar-refractivity contribution is 5.83. The Bertz CT molecular complexity index is 513. The molecule has 1 N–H and O–H groups in total. The van der Waals surface area contributed by atoms with Crippen LogP contribution in [0.4, 0.5) is 0 Å². The maximum Gasteiger partial charge on any atom is 0.0483 e. The standard InChI is InChI=1S/C18H28N2/c1-3-4-5-8-14-20-15-16(10-9-13-19-2)17-11-6-7-12-18(17)20/h6-7,11-12,15,19H,3-5,8-10,13-14H2,1-2H3. The van der Waals surface area contributed by atoms with Crippen LogP contribution >= 0.6 is 0 Å². The first-order chi connectivity index (χ1) is 9.86. The average molecular weight is 272 g/mol. The van der Waals surface area contributed by atoms with Gasteiger partial charge in [-0.3, -0.25) is 0 Å². The maximum atomic E-state index is 3.23. The summed E-state index contributed by atoms with van der Waals surface area (Å²) in [7, 11) is 2.02. The van der Waals surface area contributed by atoms with Crippen molar-refractivity contribution in [2.75, 3.05) is 13.6 Å². The molecule has 0 amide bonds. The first-order valence-corrected chi connectivity index (χ1v) is 8.08. The molecule has 0 bridgehead atoms. The number of nitrogens with zero attached hydrogens (tertiary/aromatic N) is 1. The second-order valence-electron chi connectivity index (χ2n) is 5.63. The summed E-state index contributed by atoms with van der Waals surface area (Å²) >= 11 is 0. The lowest BCUT2D eigenvalue weighted by Crippen LogP contribution is -2.08. The lowest BCUT2D eigenvalue weighted by atomic mass is 10.1. The van der Waals surface area contributed by atoms with Gasteiger partial charge in [0.05, 0.1) is 0 Å². The summed E-state index contributed by atoms with van der Waals surface area (Å²) in [6.07, 6.45) is 10.1. The molecular formula is C18H28N2. The Morgan fingerprint density at radius 1 is 1.05 bits per heavy atom. The smallest absolute Gasteiger partial charge is 0.0483 e. The van der Waals surface area contributed by atoms with Crippen molar-refractivity contribution in [2.24, 2.45) is 0 Å². The number of unbranched alkanes of at least 4 members (excludes halogenated alkanes) is 3. The summed E-state index contributed by atoms with van der Waals surface area (Å²) in [6, 6.07) is 8.84. The Labute approximate surface area is 123 Å². The zero-order valence-electron chi connectivity index (χ0n) is 13.0. The lowest BCUT2D eigenvalue weighted by molar-refractivity contribution is 0.592. The Morgan fingerprint density at radius 3 is 2.70 bits per heavy atom. The van der Waals surface area contributed by atoms with E-state index < -0.39 is 0 Å². The zero-order chi connectivity index (χ0) is 14.2. The molecule has 0 radical (unpaired) electrons. The number of benzene rings is 1. The number of para-hydroxylation sites is 1. The molecule has 2 aromatic rings. The minimum atomic E-state index is 1.09. The molecule has 0 aliphatic rings. The van der Waals surface area contributed by atoms with Crippen LogP contribution in [0.5, 0.6) is 0 Å². The van der Waals surface area contributed by atoms with Crippen molar-refractivity contribution in [3.8, 4) is 0 Å². The van der Waals surface area contributed by atoms with Gasteiger partial charge in [-0.05, 0) is 44.5 Å². The molecule has 0 saturated carbocycles.